The third kappa shape index (κ3) is 3.49. The number of anilines is 1. The number of hydrogen-bond acceptors (Lipinski definition) is 4. The third-order valence-electron chi connectivity index (χ3n) is 5.71. The molecule has 3 aromatic rings. The van der Waals surface area contributed by atoms with Crippen LogP contribution in [0.2, 0.25) is 0 Å². The second-order valence-corrected chi connectivity index (χ2v) is 8.23. The molecular formula is C22H24FN3S. The first-order valence-corrected chi connectivity index (χ1v) is 10.2. The fourth-order valence-corrected chi connectivity index (χ4v) is 4.78. The Morgan fingerprint density at radius 1 is 1.11 bits per heavy atom. The highest BCUT2D eigenvalue weighted by Crippen LogP contribution is 2.42. The molecule has 1 aliphatic heterocycles. The summed E-state index contributed by atoms with van der Waals surface area (Å²) in [6, 6.07) is 16.2. The number of halogens is 1. The number of nitrogens with two attached hydrogens (primary N) is 1. The van der Waals surface area contributed by atoms with Gasteiger partial charge in [-0.2, -0.15) is 0 Å². The minimum Gasteiger partial charge on any atom is -0.375 e. The lowest BCUT2D eigenvalue weighted by Gasteiger charge is -2.41. The number of likely N-dealkylation sites (tertiary alicyclic amines) is 1. The number of thiazole rings is 1. The van der Waals surface area contributed by atoms with Crippen molar-refractivity contribution < 1.29 is 4.39 Å². The molecule has 27 heavy (non-hydrogen) atoms. The molecule has 0 bridgehead atoms. The van der Waals surface area contributed by atoms with E-state index >= 15 is 0 Å². The van der Waals surface area contributed by atoms with Gasteiger partial charge in [-0.05, 0) is 44.0 Å². The van der Waals surface area contributed by atoms with Crippen LogP contribution >= 0.6 is 11.3 Å². The van der Waals surface area contributed by atoms with Crippen LogP contribution in [0, 0.1) is 12.7 Å². The van der Waals surface area contributed by atoms with E-state index in [9.17, 15) is 4.39 Å². The van der Waals surface area contributed by atoms with E-state index in [1.54, 1.807) is 0 Å². The number of hydrogen-bond donors (Lipinski definition) is 1. The lowest BCUT2D eigenvalue weighted by Crippen LogP contribution is -2.43. The molecule has 5 heteroatoms. The average Bonchev–Trinajstić information content (AvgIpc) is 3.14. The summed E-state index contributed by atoms with van der Waals surface area (Å²) in [5, 5.41) is 2.71. The van der Waals surface area contributed by atoms with Gasteiger partial charge in [0.2, 0.25) is 0 Å². The smallest absolute Gasteiger partial charge is 0.180 e. The molecule has 1 fully saturated rings. The largest absolute Gasteiger partial charge is 0.375 e. The standard InChI is InChI=1S/C22H24FN3S/c1-16-6-5-7-17(20(16)23)14-26-12-10-22(11-13-26,18-8-3-2-4-9-18)19-15-27-21(24)25-19/h2-9,15H,10-14H2,1H3,(H2,24,25). The second-order valence-electron chi connectivity index (χ2n) is 7.34. The maximum Gasteiger partial charge on any atom is 0.180 e. The van der Waals surface area contributed by atoms with Gasteiger partial charge in [0.1, 0.15) is 5.82 Å². The molecule has 0 atom stereocenters. The Morgan fingerprint density at radius 3 is 2.52 bits per heavy atom. The van der Waals surface area contributed by atoms with Gasteiger partial charge in [-0.1, -0.05) is 48.5 Å². The van der Waals surface area contributed by atoms with E-state index in [0.29, 0.717) is 17.2 Å². The molecule has 0 amide bonds. The van der Waals surface area contributed by atoms with Gasteiger partial charge in [0.05, 0.1) is 5.69 Å². The number of piperidine rings is 1. The molecule has 0 radical (unpaired) electrons. The molecule has 1 aliphatic rings. The highest BCUT2D eigenvalue weighted by molar-refractivity contribution is 7.13. The molecule has 3 nitrogen and oxygen atoms in total. The van der Waals surface area contributed by atoms with Crippen molar-refractivity contribution in [2.75, 3.05) is 18.8 Å². The summed E-state index contributed by atoms with van der Waals surface area (Å²) < 4.78 is 14.4. The Morgan fingerprint density at radius 2 is 1.85 bits per heavy atom. The summed E-state index contributed by atoms with van der Waals surface area (Å²) in [7, 11) is 0. The SMILES string of the molecule is Cc1cccc(CN2CCC(c3ccccc3)(c3csc(N)n3)CC2)c1F. The van der Waals surface area contributed by atoms with Crippen molar-refractivity contribution in [2.45, 2.75) is 31.7 Å². The first-order valence-electron chi connectivity index (χ1n) is 9.32. The summed E-state index contributed by atoms with van der Waals surface area (Å²) >= 11 is 1.50. The van der Waals surface area contributed by atoms with Gasteiger partial charge in [0, 0.05) is 22.9 Å². The Kier molecular flexibility index (Phi) is 4.98. The zero-order chi connectivity index (χ0) is 18.9. The van der Waals surface area contributed by atoms with Gasteiger partial charge in [-0.25, -0.2) is 9.37 Å². The molecule has 1 aromatic heterocycles. The third-order valence-corrected chi connectivity index (χ3v) is 6.39. The van der Waals surface area contributed by atoms with Gasteiger partial charge in [0.25, 0.3) is 0 Å². The number of aryl methyl sites for hydroxylation is 1. The van der Waals surface area contributed by atoms with Crippen LogP contribution in [0.5, 0.6) is 0 Å². The van der Waals surface area contributed by atoms with E-state index in [2.05, 4.69) is 39.5 Å². The number of aromatic nitrogens is 1. The molecule has 2 heterocycles. The Labute approximate surface area is 163 Å². The molecular weight excluding hydrogens is 357 g/mol. The summed E-state index contributed by atoms with van der Waals surface area (Å²) in [4.78, 5) is 6.98. The molecule has 2 aromatic carbocycles. The summed E-state index contributed by atoms with van der Waals surface area (Å²) in [6.45, 7) is 4.28. The van der Waals surface area contributed by atoms with E-state index in [-0.39, 0.29) is 11.2 Å². The van der Waals surface area contributed by atoms with Crippen molar-refractivity contribution in [2.24, 2.45) is 0 Å². The molecule has 0 saturated carbocycles. The average molecular weight is 382 g/mol. The topological polar surface area (TPSA) is 42.1 Å². The maximum absolute atomic E-state index is 14.4. The number of nitrogen functional groups attached to an aromatic ring is 1. The lowest BCUT2D eigenvalue weighted by molar-refractivity contribution is 0.169. The second kappa shape index (κ2) is 7.41. The van der Waals surface area contributed by atoms with Crippen molar-refractivity contribution in [3.05, 3.63) is 82.1 Å². The van der Waals surface area contributed by atoms with Gasteiger partial charge in [-0.3, -0.25) is 4.90 Å². The number of nitrogens with zero attached hydrogens (tertiary/aromatic N) is 2. The van der Waals surface area contributed by atoms with Crippen molar-refractivity contribution >= 4 is 16.5 Å². The zero-order valence-electron chi connectivity index (χ0n) is 15.5. The Hall–Kier alpha value is -2.24. The summed E-state index contributed by atoms with van der Waals surface area (Å²) in [5.41, 5.74) is 9.67. The predicted molar refractivity (Wildman–Crippen MR) is 109 cm³/mol. The summed E-state index contributed by atoms with van der Waals surface area (Å²) in [6.07, 6.45) is 1.90. The van der Waals surface area contributed by atoms with Gasteiger partial charge >= 0.3 is 0 Å². The lowest BCUT2D eigenvalue weighted by atomic mass is 9.70. The first-order chi connectivity index (χ1) is 13.1. The highest BCUT2D eigenvalue weighted by atomic mass is 32.1. The quantitative estimate of drug-likeness (QED) is 0.709. The number of rotatable bonds is 4. The predicted octanol–water partition coefficient (Wildman–Crippen LogP) is 4.75. The van der Waals surface area contributed by atoms with Crippen LogP contribution in [-0.4, -0.2) is 23.0 Å². The minimum absolute atomic E-state index is 0.0790. The van der Waals surface area contributed by atoms with Gasteiger partial charge < -0.3 is 5.73 Å². The van der Waals surface area contributed by atoms with E-state index in [1.165, 1.54) is 16.9 Å². The highest BCUT2D eigenvalue weighted by Gasteiger charge is 2.39. The normalized spacial score (nSPS) is 17.1. The number of benzene rings is 2. The van der Waals surface area contributed by atoms with Crippen LogP contribution in [0.15, 0.2) is 53.9 Å². The van der Waals surface area contributed by atoms with Crippen molar-refractivity contribution in [1.82, 2.24) is 9.88 Å². The molecule has 0 spiro atoms. The van der Waals surface area contributed by atoms with Crippen LogP contribution in [0.25, 0.3) is 0 Å². The Bertz CT molecular complexity index is 914. The molecule has 4 rings (SSSR count). The van der Waals surface area contributed by atoms with Crippen molar-refractivity contribution in [3.8, 4) is 0 Å². The molecule has 0 aliphatic carbocycles. The fourth-order valence-electron chi connectivity index (χ4n) is 4.12. The first kappa shape index (κ1) is 18.1. The summed E-state index contributed by atoms with van der Waals surface area (Å²) in [5.74, 6) is -0.0790. The van der Waals surface area contributed by atoms with Crippen molar-refractivity contribution in [3.63, 3.8) is 0 Å². The fraction of sp³-hybridized carbons (Fsp3) is 0.318. The molecule has 2 N–H and O–H groups in total. The van der Waals surface area contributed by atoms with Crippen molar-refractivity contribution in [1.29, 1.82) is 0 Å². The van der Waals surface area contributed by atoms with E-state index < -0.39 is 0 Å². The van der Waals surface area contributed by atoms with Crippen LogP contribution in [0.1, 0.15) is 35.2 Å². The van der Waals surface area contributed by atoms with E-state index in [1.807, 2.05) is 31.2 Å². The molecule has 140 valence electrons. The molecule has 1 saturated heterocycles. The van der Waals surface area contributed by atoms with Crippen LogP contribution in [0.4, 0.5) is 9.52 Å². The Balaban J connectivity index is 1.58. The molecule has 0 unspecified atom stereocenters. The van der Waals surface area contributed by atoms with Crippen LogP contribution in [-0.2, 0) is 12.0 Å². The minimum atomic E-state index is -0.114. The van der Waals surface area contributed by atoms with Crippen LogP contribution < -0.4 is 5.73 Å². The monoisotopic (exact) mass is 381 g/mol. The van der Waals surface area contributed by atoms with Gasteiger partial charge in [0.15, 0.2) is 5.13 Å². The van der Waals surface area contributed by atoms with Crippen LogP contribution in [0.3, 0.4) is 0 Å². The van der Waals surface area contributed by atoms with E-state index in [0.717, 1.165) is 37.2 Å². The van der Waals surface area contributed by atoms with E-state index in [4.69, 9.17) is 5.73 Å². The van der Waals surface area contributed by atoms with Gasteiger partial charge in [-0.15, -0.1) is 11.3 Å². The maximum atomic E-state index is 14.4. The zero-order valence-corrected chi connectivity index (χ0v) is 16.3.